The van der Waals surface area contributed by atoms with Gasteiger partial charge in [-0.05, 0) is 25.0 Å². The van der Waals surface area contributed by atoms with Crippen LogP contribution in [0.2, 0.25) is 5.02 Å². The van der Waals surface area contributed by atoms with E-state index in [9.17, 15) is 0 Å². The van der Waals surface area contributed by atoms with Gasteiger partial charge in [0.15, 0.2) is 0 Å². The molecule has 0 bridgehead atoms. The average Bonchev–Trinajstić information content (AvgIpc) is 2.85. The fourth-order valence-electron chi connectivity index (χ4n) is 1.84. The first kappa shape index (κ1) is 13.0. The molecule has 96 valence electrons. The third-order valence-corrected chi connectivity index (χ3v) is 3.26. The average molecular weight is 265 g/mol. The van der Waals surface area contributed by atoms with Gasteiger partial charge in [0.2, 0.25) is 5.88 Å². The fraction of sp³-hybridized carbons (Fsp3) is 0.357. The highest BCUT2D eigenvalue weighted by Crippen LogP contribution is 2.22. The molecule has 4 heteroatoms. The standard InChI is InChI=1S/C14H17ClN2O/c1-3-11-6-5-7-13(15)12(11)10-18-14-8-9-17(4-2)16-14/h5-9H,3-4,10H2,1-2H3. The van der Waals surface area contributed by atoms with Crippen molar-refractivity contribution in [2.24, 2.45) is 0 Å². The SMILES string of the molecule is CCc1cccc(Cl)c1COc1ccn(CC)n1. The molecule has 18 heavy (non-hydrogen) atoms. The molecule has 1 aromatic heterocycles. The highest BCUT2D eigenvalue weighted by molar-refractivity contribution is 6.31. The van der Waals surface area contributed by atoms with Crippen molar-refractivity contribution in [2.75, 3.05) is 0 Å². The second kappa shape index (κ2) is 5.91. The lowest BCUT2D eigenvalue weighted by atomic mass is 10.1. The molecule has 0 fully saturated rings. The van der Waals surface area contributed by atoms with Gasteiger partial charge in [0, 0.05) is 29.4 Å². The lowest BCUT2D eigenvalue weighted by Crippen LogP contribution is -2.02. The van der Waals surface area contributed by atoms with E-state index >= 15 is 0 Å². The van der Waals surface area contributed by atoms with Gasteiger partial charge in [-0.3, -0.25) is 4.68 Å². The third-order valence-electron chi connectivity index (χ3n) is 2.90. The molecule has 0 aliphatic rings. The largest absolute Gasteiger partial charge is 0.472 e. The highest BCUT2D eigenvalue weighted by atomic mass is 35.5. The maximum absolute atomic E-state index is 6.20. The van der Waals surface area contributed by atoms with Crippen LogP contribution in [-0.2, 0) is 19.6 Å². The predicted octanol–water partition coefficient (Wildman–Crippen LogP) is 3.70. The molecule has 1 aromatic carbocycles. The Bertz CT molecular complexity index is 522. The van der Waals surface area contributed by atoms with Crippen molar-refractivity contribution in [3.8, 4) is 5.88 Å². The summed E-state index contributed by atoms with van der Waals surface area (Å²) in [5.74, 6) is 0.638. The Morgan fingerprint density at radius 2 is 2.11 bits per heavy atom. The predicted molar refractivity (Wildman–Crippen MR) is 73.1 cm³/mol. The molecular weight excluding hydrogens is 248 g/mol. The first-order valence-corrected chi connectivity index (χ1v) is 6.55. The Hall–Kier alpha value is -1.48. The molecule has 1 heterocycles. The van der Waals surface area contributed by atoms with Crippen LogP contribution in [0.3, 0.4) is 0 Å². The Morgan fingerprint density at radius 1 is 1.28 bits per heavy atom. The molecule has 0 unspecified atom stereocenters. The van der Waals surface area contributed by atoms with Gasteiger partial charge in [-0.1, -0.05) is 30.7 Å². The van der Waals surface area contributed by atoms with Crippen molar-refractivity contribution >= 4 is 11.6 Å². The van der Waals surface area contributed by atoms with Gasteiger partial charge in [-0.25, -0.2) is 0 Å². The van der Waals surface area contributed by atoms with Crippen LogP contribution >= 0.6 is 11.6 Å². The first-order chi connectivity index (χ1) is 8.74. The van der Waals surface area contributed by atoms with Crippen LogP contribution in [-0.4, -0.2) is 9.78 Å². The molecule has 2 aromatic rings. The van der Waals surface area contributed by atoms with Crippen molar-refractivity contribution < 1.29 is 4.74 Å². The van der Waals surface area contributed by atoms with Gasteiger partial charge in [0.05, 0.1) is 0 Å². The second-order valence-electron chi connectivity index (χ2n) is 4.03. The summed E-state index contributed by atoms with van der Waals surface area (Å²) >= 11 is 6.20. The number of benzene rings is 1. The second-order valence-corrected chi connectivity index (χ2v) is 4.44. The summed E-state index contributed by atoms with van der Waals surface area (Å²) in [7, 11) is 0. The van der Waals surface area contributed by atoms with Crippen molar-refractivity contribution in [1.29, 1.82) is 0 Å². The van der Waals surface area contributed by atoms with Gasteiger partial charge in [-0.2, -0.15) is 0 Å². The zero-order valence-electron chi connectivity index (χ0n) is 10.7. The summed E-state index contributed by atoms with van der Waals surface area (Å²) in [6, 6.07) is 7.81. The fourth-order valence-corrected chi connectivity index (χ4v) is 2.09. The summed E-state index contributed by atoms with van der Waals surface area (Å²) in [4.78, 5) is 0. The van der Waals surface area contributed by atoms with E-state index in [4.69, 9.17) is 16.3 Å². The zero-order valence-corrected chi connectivity index (χ0v) is 11.4. The van der Waals surface area contributed by atoms with Crippen LogP contribution in [0.25, 0.3) is 0 Å². The van der Waals surface area contributed by atoms with Crippen molar-refractivity contribution in [3.05, 3.63) is 46.6 Å². The molecule has 0 amide bonds. The lowest BCUT2D eigenvalue weighted by molar-refractivity contribution is 0.289. The number of hydrogen-bond donors (Lipinski definition) is 0. The summed E-state index contributed by atoms with van der Waals surface area (Å²) in [5, 5.41) is 5.03. The summed E-state index contributed by atoms with van der Waals surface area (Å²) < 4.78 is 7.52. The van der Waals surface area contributed by atoms with Crippen LogP contribution in [0.1, 0.15) is 25.0 Å². The molecule has 0 saturated carbocycles. The van der Waals surface area contributed by atoms with Crippen molar-refractivity contribution in [2.45, 2.75) is 33.4 Å². The van der Waals surface area contributed by atoms with E-state index in [-0.39, 0.29) is 0 Å². The first-order valence-electron chi connectivity index (χ1n) is 6.17. The van der Waals surface area contributed by atoms with E-state index in [1.165, 1.54) is 5.56 Å². The van der Waals surface area contributed by atoms with Crippen LogP contribution in [0.5, 0.6) is 5.88 Å². The Labute approximate surface area is 112 Å². The summed E-state index contributed by atoms with van der Waals surface area (Å²) in [5.41, 5.74) is 2.27. The van der Waals surface area contributed by atoms with Crippen LogP contribution in [0.4, 0.5) is 0 Å². The van der Waals surface area contributed by atoms with Gasteiger partial charge in [0.25, 0.3) is 0 Å². The minimum absolute atomic E-state index is 0.462. The molecule has 0 atom stereocenters. The maximum Gasteiger partial charge on any atom is 0.233 e. The Balaban J connectivity index is 2.10. The van der Waals surface area contributed by atoms with E-state index in [0.29, 0.717) is 12.5 Å². The van der Waals surface area contributed by atoms with Crippen LogP contribution in [0.15, 0.2) is 30.5 Å². The molecule has 0 radical (unpaired) electrons. The lowest BCUT2D eigenvalue weighted by Gasteiger charge is -2.10. The van der Waals surface area contributed by atoms with Gasteiger partial charge < -0.3 is 4.74 Å². The minimum atomic E-state index is 0.462. The van der Waals surface area contributed by atoms with Crippen LogP contribution < -0.4 is 4.74 Å². The quantitative estimate of drug-likeness (QED) is 0.823. The molecule has 3 nitrogen and oxygen atoms in total. The molecule has 0 aliphatic heterocycles. The topological polar surface area (TPSA) is 27.1 Å². The minimum Gasteiger partial charge on any atom is -0.472 e. The number of aromatic nitrogens is 2. The molecule has 0 saturated heterocycles. The molecule has 0 N–H and O–H groups in total. The number of nitrogens with zero attached hydrogens (tertiary/aromatic N) is 2. The monoisotopic (exact) mass is 264 g/mol. The number of rotatable bonds is 5. The number of aryl methyl sites for hydroxylation is 2. The molecule has 0 aliphatic carbocycles. The Morgan fingerprint density at radius 3 is 2.78 bits per heavy atom. The number of halogens is 1. The van der Waals surface area contributed by atoms with Gasteiger partial charge >= 0.3 is 0 Å². The van der Waals surface area contributed by atoms with E-state index in [1.807, 2.05) is 36.0 Å². The number of hydrogen-bond acceptors (Lipinski definition) is 2. The van der Waals surface area contributed by atoms with Gasteiger partial charge in [-0.15, -0.1) is 5.10 Å². The van der Waals surface area contributed by atoms with E-state index < -0.39 is 0 Å². The van der Waals surface area contributed by atoms with Crippen LogP contribution in [0, 0.1) is 0 Å². The molecule has 2 rings (SSSR count). The molecular formula is C14H17ClN2O. The highest BCUT2D eigenvalue weighted by Gasteiger charge is 2.07. The summed E-state index contributed by atoms with van der Waals surface area (Å²) in [6.07, 6.45) is 2.85. The Kier molecular flexibility index (Phi) is 4.26. The maximum atomic E-state index is 6.20. The zero-order chi connectivity index (χ0) is 13.0. The van der Waals surface area contributed by atoms with Crippen molar-refractivity contribution in [1.82, 2.24) is 9.78 Å². The molecule has 0 spiro atoms. The van der Waals surface area contributed by atoms with E-state index in [2.05, 4.69) is 18.1 Å². The normalized spacial score (nSPS) is 10.6. The summed E-state index contributed by atoms with van der Waals surface area (Å²) in [6.45, 7) is 5.46. The van der Waals surface area contributed by atoms with E-state index in [0.717, 1.165) is 23.6 Å². The van der Waals surface area contributed by atoms with E-state index in [1.54, 1.807) is 0 Å². The smallest absolute Gasteiger partial charge is 0.233 e. The third kappa shape index (κ3) is 2.85. The number of ether oxygens (including phenoxy) is 1. The van der Waals surface area contributed by atoms with Crippen molar-refractivity contribution in [3.63, 3.8) is 0 Å². The van der Waals surface area contributed by atoms with Gasteiger partial charge in [0.1, 0.15) is 6.61 Å².